The van der Waals surface area contributed by atoms with E-state index in [1.807, 2.05) is 38.1 Å². The summed E-state index contributed by atoms with van der Waals surface area (Å²) in [6.45, 7) is 11.8. The highest BCUT2D eigenvalue weighted by Crippen LogP contribution is 2.38. The van der Waals surface area contributed by atoms with Gasteiger partial charge in [0.25, 0.3) is 0 Å². The Hall–Kier alpha value is -3.25. The summed E-state index contributed by atoms with van der Waals surface area (Å²) < 4.78 is 17.2. The fourth-order valence-corrected chi connectivity index (χ4v) is 3.82. The van der Waals surface area contributed by atoms with Crippen LogP contribution in [0, 0.1) is 0 Å². The van der Waals surface area contributed by atoms with Crippen LogP contribution in [0.4, 0.5) is 0 Å². The zero-order valence-corrected chi connectivity index (χ0v) is 20.8. The highest BCUT2D eigenvalue weighted by Gasteiger charge is 2.25. The number of carbonyl (C=O) groups excluding carboxylic acids is 1. The average Bonchev–Trinajstić information content (AvgIpc) is 2.82. The summed E-state index contributed by atoms with van der Waals surface area (Å²) in [6.07, 6.45) is 7.72. The smallest absolute Gasteiger partial charge is 0.189 e. The molecule has 0 atom stereocenters. The summed E-state index contributed by atoms with van der Waals surface area (Å²) in [4.78, 5) is 15.2. The fourth-order valence-electron chi connectivity index (χ4n) is 3.82. The fraction of sp³-hybridized carbons (Fsp3) is 0.393. The third kappa shape index (κ3) is 6.20. The molecule has 1 aliphatic heterocycles. The Bertz CT molecular complexity index is 1070. The minimum Gasteiger partial charge on any atom is -0.506 e. The molecule has 34 heavy (non-hydrogen) atoms. The number of ketones is 1. The molecule has 2 aromatic carbocycles. The van der Waals surface area contributed by atoms with Crippen LogP contribution in [-0.4, -0.2) is 54.7 Å². The molecule has 0 aromatic heterocycles. The third-order valence-corrected chi connectivity index (χ3v) is 5.85. The molecular formula is C28H35NO5. The van der Waals surface area contributed by atoms with Crippen molar-refractivity contribution in [3.63, 3.8) is 0 Å². The van der Waals surface area contributed by atoms with Gasteiger partial charge in [0.1, 0.15) is 17.1 Å². The van der Waals surface area contributed by atoms with E-state index in [-0.39, 0.29) is 17.1 Å². The minimum absolute atomic E-state index is 0.0779. The normalized spacial score (nSPS) is 14.2. The van der Waals surface area contributed by atoms with Gasteiger partial charge in [0, 0.05) is 6.54 Å². The SMILES string of the molecule is CCN(CC)CCCOc1cc(/C=C/C(=O)c2ccc3c(c2O)C=CC(C)(C)O3)ccc1OC. The summed E-state index contributed by atoms with van der Waals surface area (Å²) in [6, 6.07) is 8.85. The van der Waals surface area contributed by atoms with Crippen LogP contribution in [-0.2, 0) is 0 Å². The topological polar surface area (TPSA) is 68.2 Å². The molecule has 0 fully saturated rings. The lowest BCUT2D eigenvalue weighted by Gasteiger charge is -2.28. The van der Waals surface area contributed by atoms with Crippen molar-refractivity contribution in [1.29, 1.82) is 0 Å². The van der Waals surface area contributed by atoms with E-state index in [0.717, 1.165) is 31.6 Å². The number of rotatable bonds is 11. The van der Waals surface area contributed by atoms with E-state index in [1.165, 1.54) is 6.08 Å². The Morgan fingerprint density at radius 2 is 1.91 bits per heavy atom. The molecule has 0 aliphatic carbocycles. The van der Waals surface area contributed by atoms with E-state index in [9.17, 15) is 9.90 Å². The molecule has 0 saturated heterocycles. The van der Waals surface area contributed by atoms with Crippen LogP contribution in [0.25, 0.3) is 12.2 Å². The monoisotopic (exact) mass is 465 g/mol. The van der Waals surface area contributed by atoms with Crippen molar-refractivity contribution in [2.45, 2.75) is 39.7 Å². The van der Waals surface area contributed by atoms with Crippen LogP contribution in [0.1, 0.15) is 55.6 Å². The number of fused-ring (bicyclic) bond motifs is 1. The average molecular weight is 466 g/mol. The summed E-state index contributed by atoms with van der Waals surface area (Å²) >= 11 is 0. The van der Waals surface area contributed by atoms with E-state index in [2.05, 4.69) is 18.7 Å². The van der Waals surface area contributed by atoms with Crippen LogP contribution in [0.15, 0.2) is 42.5 Å². The Morgan fingerprint density at radius 3 is 2.62 bits per heavy atom. The summed E-state index contributed by atoms with van der Waals surface area (Å²) in [5, 5.41) is 10.7. The molecular weight excluding hydrogens is 430 g/mol. The van der Waals surface area contributed by atoms with E-state index in [1.54, 1.807) is 31.4 Å². The van der Waals surface area contributed by atoms with Crippen molar-refractivity contribution in [3.05, 3.63) is 59.2 Å². The van der Waals surface area contributed by atoms with Crippen LogP contribution in [0.2, 0.25) is 0 Å². The van der Waals surface area contributed by atoms with Crippen LogP contribution < -0.4 is 14.2 Å². The number of phenols is 1. The van der Waals surface area contributed by atoms with E-state index >= 15 is 0 Å². The zero-order valence-electron chi connectivity index (χ0n) is 20.8. The van der Waals surface area contributed by atoms with Crippen LogP contribution >= 0.6 is 0 Å². The second-order valence-corrected chi connectivity index (χ2v) is 8.75. The number of methoxy groups -OCH3 is 1. The minimum atomic E-state index is -0.454. The van der Waals surface area contributed by atoms with Crippen LogP contribution in [0.5, 0.6) is 23.0 Å². The van der Waals surface area contributed by atoms with Gasteiger partial charge in [-0.05, 0) is 81.4 Å². The predicted molar refractivity (Wildman–Crippen MR) is 136 cm³/mol. The highest BCUT2D eigenvalue weighted by atomic mass is 16.5. The molecule has 3 rings (SSSR count). The Balaban J connectivity index is 1.70. The first kappa shape index (κ1) is 25.4. The van der Waals surface area contributed by atoms with Crippen molar-refractivity contribution >= 4 is 17.9 Å². The zero-order chi connectivity index (χ0) is 24.7. The van der Waals surface area contributed by atoms with Gasteiger partial charge < -0.3 is 24.2 Å². The second-order valence-electron chi connectivity index (χ2n) is 8.75. The van der Waals surface area contributed by atoms with Gasteiger partial charge in [0.2, 0.25) is 0 Å². The molecule has 182 valence electrons. The molecule has 0 unspecified atom stereocenters. The second kappa shape index (κ2) is 11.3. The van der Waals surface area contributed by atoms with E-state index in [0.29, 0.717) is 29.4 Å². The lowest BCUT2D eigenvalue weighted by atomic mass is 9.98. The van der Waals surface area contributed by atoms with Gasteiger partial charge in [0.15, 0.2) is 17.3 Å². The number of phenolic OH excluding ortho intramolecular Hbond substituents is 1. The maximum atomic E-state index is 12.8. The standard InChI is InChI=1S/C28H35NO5/c1-6-29(7-2)17-8-18-33-26-19-20(10-13-25(26)32-5)9-12-23(30)21-11-14-24-22(27(21)31)15-16-28(3,4)34-24/h9-16,19,31H,6-8,17-18H2,1-5H3/b12-9+. The Kier molecular flexibility index (Phi) is 8.40. The van der Waals surface area contributed by atoms with Crippen LogP contribution in [0.3, 0.4) is 0 Å². The number of benzene rings is 2. The van der Waals surface area contributed by atoms with Gasteiger partial charge in [-0.2, -0.15) is 0 Å². The van der Waals surface area contributed by atoms with Crippen molar-refractivity contribution < 1.29 is 24.1 Å². The molecule has 6 heteroatoms. The maximum absolute atomic E-state index is 12.8. The summed E-state index contributed by atoms with van der Waals surface area (Å²) in [5.74, 6) is 1.47. The number of carbonyl (C=O) groups is 1. The Labute approximate surface area is 202 Å². The quantitative estimate of drug-likeness (QED) is 0.265. The molecule has 0 spiro atoms. The molecule has 1 heterocycles. The number of ether oxygens (including phenoxy) is 3. The Morgan fingerprint density at radius 1 is 1.15 bits per heavy atom. The largest absolute Gasteiger partial charge is 0.506 e. The van der Waals surface area contributed by atoms with Crippen molar-refractivity contribution in [3.8, 4) is 23.0 Å². The highest BCUT2D eigenvalue weighted by molar-refractivity contribution is 6.09. The van der Waals surface area contributed by atoms with E-state index in [4.69, 9.17) is 14.2 Å². The molecule has 0 bridgehead atoms. The van der Waals surface area contributed by atoms with Gasteiger partial charge in [-0.15, -0.1) is 0 Å². The number of hydrogen-bond acceptors (Lipinski definition) is 6. The third-order valence-electron chi connectivity index (χ3n) is 5.85. The maximum Gasteiger partial charge on any atom is 0.189 e. The lowest BCUT2D eigenvalue weighted by Crippen LogP contribution is -2.27. The summed E-state index contributed by atoms with van der Waals surface area (Å²) in [7, 11) is 1.61. The number of allylic oxidation sites excluding steroid dienone is 1. The first-order chi connectivity index (χ1) is 16.3. The molecule has 2 aromatic rings. The molecule has 0 saturated carbocycles. The van der Waals surface area contributed by atoms with Gasteiger partial charge in [0.05, 0.1) is 24.8 Å². The van der Waals surface area contributed by atoms with Crippen molar-refractivity contribution in [2.75, 3.05) is 33.4 Å². The van der Waals surface area contributed by atoms with Gasteiger partial charge in [-0.3, -0.25) is 4.79 Å². The molecule has 6 nitrogen and oxygen atoms in total. The number of hydrogen-bond donors (Lipinski definition) is 1. The van der Waals surface area contributed by atoms with Crippen molar-refractivity contribution in [1.82, 2.24) is 4.90 Å². The molecule has 0 radical (unpaired) electrons. The molecule has 0 amide bonds. The van der Waals surface area contributed by atoms with E-state index < -0.39 is 5.60 Å². The molecule has 1 aliphatic rings. The first-order valence-corrected chi connectivity index (χ1v) is 11.8. The first-order valence-electron chi connectivity index (χ1n) is 11.8. The molecule has 1 N–H and O–H groups in total. The lowest BCUT2D eigenvalue weighted by molar-refractivity contribution is 0.104. The predicted octanol–water partition coefficient (Wildman–Crippen LogP) is 5.59. The number of aromatic hydroxyl groups is 1. The van der Waals surface area contributed by atoms with Gasteiger partial charge in [-0.25, -0.2) is 0 Å². The van der Waals surface area contributed by atoms with Gasteiger partial charge in [-0.1, -0.05) is 26.0 Å². The van der Waals surface area contributed by atoms with Crippen molar-refractivity contribution in [2.24, 2.45) is 0 Å². The number of nitrogens with zero attached hydrogens (tertiary/aromatic N) is 1. The summed E-state index contributed by atoms with van der Waals surface area (Å²) in [5.41, 5.74) is 1.09. The van der Waals surface area contributed by atoms with Gasteiger partial charge >= 0.3 is 0 Å².